The Morgan fingerprint density at radius 1 is 1.44 bits per heavy atom. The summed E-state index contributed by atoms with van der Waals surface area (Å²) in [5.74, 6) is -0.606. The van der Waals surface area contributed by atoms with Crippen LogP contribution >= 0.6 is 11.3 Å². The number of thiazole rings is 1. The Morgan fingerprint density at radius 3 is 2.94 bits per heavy atom. The molecule has 1 amide bonds. The van der Waals surface area contributed by atoms with Crippen LogP contribution in [-0.2, 0) is 6.54 Å². The van der Waals surface area contributed by atoms with E-state index in [1.165, 1.54) is 17.4 Å². The number of nitrogens with zero attached hydrogens (tertiary/aromatic N) is 1. The molecular weight excluding hydrogens is 227 g/mol. The number of benzene rings is 1. The zero-order valence-electron chi connectivity index (χ0n) is 8.31. The van der Waals surface area contributed by atoms with Crippen molar-refractivity contribution in [3.63, 3.8) is 0 Å². The summed E-state index contributed by atoms with van der Waals surface area (Å²) < 4.78 is 13.2. The molecule has 0 unspecified atom stereocenters. The molecule has 0 spiro atoms. The number of halogens is 1. The highest BCUT2D eigenvalue weighted by Crippen LogP contribution is 2.06. The van der Waals surface area contributed by atoms with Crippen LogP contribution in [-0.4, -0.2) is 10.9 Å². The van der Waals surface area contributed by atoms with Gasteiger partial charge in [-0.05, 0) is 6.07 Å². The molecule has 0 saturated carbocycles. The first-order valence-electron chi connectivity index (χ1n) is 4.67. The molecule has 1 aromatic heterocycles. The summed E-state index contributed by atoms with van der Waals surface area (Å²) in [6, 6.07) is 6.34. The Hall–Kier alpha value is -1.75. The summed E-state index contributed by atoms with van der Waals surface area (Å²) in [5.41, 5.74) is 2.41. The average Bonchev–Trinajstić information content (AvgIpc) is 2.81. The fourth-order valence-corrected chi connectivity index (χ4v) is 1.76. The van der Waals surface area contributed by atoms with Gasteiger partial charge in [-0.3, -0.25) is 4.79 Å². The Balaban J connectivity index is 1.98. The monoisotopic (exact) mass is 236 g/mol. The fraction of sp³-hybridized carbons (Fsp3) is 0.0909. The minimum Gasteiger partial charge on any atom is -0.346 e. The summed E-state index contributed by atoms with van der Waals surface area (Å²) in [7, 11) is 0. The molecule has 3 nitrogen and oxygen atoms in total. The second-order valence-corrected chi connectivity index (χ2v) is 3.87. The van der Waals surface area contributed by atoms with Gasteiger partial charge in [-0.25, -0.2) is 9.37 Å². The lowest BCUT2D eigenvalue weighted by Gasteiger charge is -2.04. The first-order chi connectivity index (χ1) is 7.77. The molecule has 5 heteroatoms. The molecule has 0 saturated heterocycles. The number of rotatable bonds is 3. The number of carbonyl (C=O) groups is 1. The predicted octanol–water partition coefficient (Wildman–Crippen LogP) is 2.21. The van der Waals surface area contributed by atoms with Gasteiger partial charge in [0.25, 0.3) is 5.91 Å². The molecule has 2 aromatic rings. The lowest BCUT2D eigenvalue weighted by atomic mass is 10.2. The second kappa shape index (κ2) is 4.85. The van der Waals surface area contributed by atoms with Crippen molar-refractivity contribution in [1.29, 1.82) is 0 Å². The van der Waals surface area contributed by atoms with Crippen LogP contribution in [0.4, 0.5) is 4.39 Å². The normalized spacial score (nSPS) is 10.1. The standard InChI is InChI=1S/C11H9FN2OS/c12-9-4-2-1-3-8(9)5-13-11(15)10-6-16-7-14-10/h1-4,6-7H,5H2,(H,13,15). The van der Waals surface area contributed by atoms with Crippen LogP contribution in [0, 0.1) is 5.82 Å². The van der Waals surface area contributed by atoms with Crippen molar-refractivity contribution in [1.82, 2.24) is 10.3 Å². The Morgan fingerprint density at radius 2 is 2.25 bits per heavy atom. The van der Waals surface area contributed by atoms with Gasteiger partial charge in [0.1, 0.15) is 11.5 Å². The van der Waals surface area contributed by atoms with E-state index in [4.69, 9.17) is 0 Å². The number of carbonyl (C=O) groups excluding carboxylic acids is 1. The third kappa shape index (κ3) is 2.43. The molecule has 1 N–H and O–H groups in total. The molecule has 0 bridgehead atoms. The van der Waals surface area contributed by atoms with Gasteiger partial charge in [0.2, 0.25) is 0 Å². The van der Waals surface area contributed by atoms with Gasteiger partial charge in [-0.2, -0.15) is 0 Å². The molecule has 16 heavy (non-hydrogen) atoms. The zero-order chi connectivity index (χ0) is 11.4. The number of aromatic nitrogens is 1. The molecule has 0 atom stereocenters. The Bertz CT molecular complexity index is 484. The Kier molecular flexibility index (Phi) is 3.26. The highest BCUT2D eigenvalue weighted by atomic mass is 32.1. The van der Waals surface area contributed by atoms with Crippen molar-refractivity contribution in [2.24, 2.45) is 0 Å². The molecule has 1 heterocycles. The average molecular weight is 236 g/mol. The quantitative estimate of drug-likeness (QED) is 0.887. The molecule has 0 radical (unpaired) electrons. The van der Waals surface area contributed by atoms with Crippen LogP contribution in [0.15, 0.2) is 35.2 Å². The lowest BCUT2D eigenvalue weighted by Crippen LogP contribution is -2.23. The van der Waals surface area contributed by atoms with Crippen molar-refractivity contribution >= 4 is 17.2 Å². The number of hydrogen-bond acceptors (Lipinski definition) is 3. The highest BCUT2D eigenvalue weighted by molar-refractivity contribution is 7.07. The van der Waals surface area contributed by atoms with Gasteiger partial charge < -0.3 is 5.32 Å². The zero-order valence-corrected chi connectivity index (χ0v) is 9.13. The van der Waals surface area contributed by atoms with Crippen molar-refractivity contribution < 1.29 is 9.18 Å². The van der Waals surface area contributed by atoms with Crippen LogP contribution in [0.5, 0.6) is 0 Å². The van der Waals surface area contributed by atoms with Crippen LogP contribution < -0.4 is 5.32 Å². The molecular formula is C11H9FN2OS. The summed E-state index contributed by atoms with van der Waals surface area (Å²) >= 11 is 1.35. The number of hydrogen-bond donors (Lipinski definition) is 1. The first-order valence-corrected chi connectivity index (χ1v) is 5.61. The summed E-state index contributed by atoms with van der Waals surface area (Å²) in [4.78, 5) is 15.4. The molecule has 0 aliphatic rings. The van der Waals surface area contributed by atoms with E-state index in [0.29, 0.717) is 11.3 Å². The van der Waals surface area contributed by atoms with Gasteiger partial charge in [-0.1, -0.05) is 18.2 Å². The molecule has 0 aliphatic heterocycles. The summed E-state index contributed by atoms with van der Waals surface area (Å²) in [6.45, 7) is 0.170. The van der Waals surface area contributed by atoms with E-state index >= 15 is 0 Å². The maximum Gasteiger partial charge on any atom is 0.271 e. The van der Waals surface area contributed by atoms with E-state index < -0.39 is 0 Å². The smallest absolute Gasteiger partial charge is 0.271 e. The van der Waals surface area contributed by atoms with Crippen molar-refractivity contribution in [2.45, 2.75) is 6.54 Å². The van der Waals surface area contributed by atoms with Crippen LogP contribution in [0.25, 0.3) is 0 Å². The Labute approximate surface area is 96.0 Å². The van der Waals surface area contributed by atoms with Gasteiger partial charge >= 0.3 is 0 Å². The van der Waals surface area contributed by atoms with E-state index in [0.717, 1.165) is 0 Å². The minimum absolute atomic E-state index is 0.170. The number of nitrogens with one attached hydrogen (secondary N) is 1. The van der Waals surface area contributed by atoms with E-state index in [1.807, 2.05) is 0 Å². The van der Waals surface area contributed by atoms with E-state index in [9.17, 15) is 9.18 Å². The molecule has 1 aromatic carbocycles. The van der Waals surface area contributed by atoms with Crippen molar-refractivity contribution in [3.05, 3.63) is 52.2 Å². The maximum atomic E-state index is 13.2. The van der Waals surface area contributed by atoms with Gasteiger partial charge in [-0.15, -0.1) is 11.3 Å². The van der Waals surface area contributed by atoms with Gasteiger partial charge in [0.15, 0.2) is 0 Å². The van der Waals surface area contributed by atoms with Crippen LogP contribution in [0.3, 0.4) is 0 Å². The number of amides is 1. The molecule has 0 aliphatic carbocycles. The SMILES string of the molecule is O=C(NCc1ccccc1F)c1cscn1. The predicted molar refractivity (Wildman–Crippen MR) is 59.7 cm³/mol. The summed E-state index contributed by atoms with van der Waals surface area (Å²) in [5, 5.41) is 4.26. The molecule has 2 rings (SSSR count). The van der Waals surface area contributed by atoms with Gasteiger partial charge in [0.05, 0.1) is 5.51 Å². The van der Waals surface area contributed by atoms with Crippen molar-refractivity contribution in [3.8, 4) is 0 Å². The first kappa shape index (κ1) is 10.8. The van der Waals surface area contributed by atoms with Gasteiger partial charge in [0, 0.05) is 17.5 Å². The van der Waals surface area contributed by atoms with E-state index in [1.54, 1.807) is 29.1 Å². The summed E-state index contributed by atoms with van der Waals surface area (Å²) in [6.07, 6.45) is 0. The lowest BCUT2D eigenvalue weighted by molar-refractivity contribution is 0.0946. The van der Waals surface area contributed by atoms with Crippen LogP contribution in [0.2, 0.25) is 0 Å². The highest BCUT2D eigenvalue weighted by Gasteiger charge is 2.08. The van der Waals surface area contributed by atoms with E-state index in [2.05, 4.69) is 10.3 Å². The van der Waals surface area contributed by atoms with E-state index in [-0.39, 0.29) is 18.3 Å². The third-order valence-electron chi connectivity index (χ3n) is 2.06. The largest absolute Gasteiger partial charge is 0.346 e. The second-order valence-electron chi connectivity index (χ2n) is 3.15. The van der Waals surface area contributed by atoms with Crippen LogP contribution in [0.1, 0.15) is 16.1 Å². The maximum absolute atomic E-state index is 13.2. The third-order valence-corrected chi connectivity index (χ3v) is 2.65. The topological polar surface area (TPSA) is 42.0 Å². The minimum atomic E-state index is -0.318. The fourth-order valence-electron chi connectivity index (χ4n) is 1.23. The molecule has 82 valence electrons. The van der Waals surface area contributed by atoms with Crippen molar-refractivity contribution in [2.75, 3.05) is 0 Å². The molecule has 0 fully saturated rings.